The first kappa shape index (κ1) is 19.7. The summed E-state index contributed by atoms with van der Waals surface area (Å²) < 4.78 is 0. The van der Waals surface area contributed by atoms with Gasteiger partial charge in [0, 0.05) is 17.1 Å². The van der Waals surface area contributed by atoms with Crippen molar-refractivity contribution in [1.29, 1.82) is 0 Å². The van der Waals surface area contributed by atoms with Crippen LogP contribution in [0.15, 0.2) is 72.8 Å². The summed E-state index contributed by atoms with van der Waals surface area (Å²) in [6.45, 7) is 8.73. The average molecular weight is 373 g/mol. The maximum atomic E-state index is 11.2. The topological polar surface area (TPSA) is 40.5 Å². The van der Waals surface area contributed by atoms with E-state index in [4.69, 9.17) is 0 Å². The normalized spacial score (nSPS) is 11.1. The molecule has 0 saturated heterocycles. The van der Waals surface area contributed by atoms with Gasteiger partial charge in [-0.15, -0.1) is 0 Å². The SMILES string of the molecule is CC(C)c1ccc(N(c2ccc(C(=O)O)cc2)c2ccc(C(C)C)cc2)cc1. The van der Waals surface area contributed by atoms with Crippen molar-refractivity contribution in [2.24, 2.45) is 0 Å². The molecular formula is C25H27NO2. The van der Waals surface area contributed by atoms with E-state index in [-0.39, 0.29) is 5.56 Å². The van der Waals surface area contributed by atoms with Crippen molar-refractivity contribution in [1.82, 2.24) is 0 Å². The Morgan fingerprint density at radius 3 is 1.25 bits per heavy atom. The van der Waals surface area contributed by atoms with Crippen molar-refractivity contribution in [2.75, 3.05) is 4.90 Å². The van der Waals surface area contributed by atoms with Gasteiger partial charge < -0.3 is 10.0 Å². The highest BCUT2D eigenvalue weighted by Gasteiger charge is 2.14. The molecule has 0 unspecified atom stereocenters. The lowest BCUT2D eigenvalue weighted by atomic mass is 10.0. The molecule has 0 radical (unpaired) electrons. The molecule has 0 fully saturated rings. The first-order valence-corrected chi connectivity index (χ1v) is 9.70. The highest BCUT2D eigenvalue weighted by atomic mass is 16.4. The summed E-state index contributed by atoms with van der Waals surface area (Å²) in [7, 11) is 0. The monoisotopic (exact) mass is 373 g/mol. The van der Waals surface area contributed by atoms with Gasteiger partial charge in [0.1, 0.15) is 0 Å². The molecule has 3 nitrogen and oxygen atoms in total. The maximum Gasteiger partial charge on any atom is 0.335 e. The van der Waals surface area contributed by atoms with E-state index < -0.39 is 5.97 Å². The lowest BCUT2D eigenvalue weighted by Crippen LogP contribution is -2.10. The van der Waals surface area contributed by atoms with E-state index in [1.165, 1.54) is 11.1 Å². The minimum atomic E-state index is -0.916. The molecule has 0 aliphatic rings. The number of carbonyl (C=O) groups is 1. The summed E-state index contributed by atoms with van der Waals surface area (Å²) in [6, 6.07) is 24.1. The molecule has 3 heteroatoms. The number of rotatable bonds is 6. The fourth-order valence-corrected chi connectivity index (χ4v) is 3.22. The Morgan fingerprint density at radius 2 is 0.964 bits per heavy atom. The van der Waals surface area contributed by atoms with Crippen LogP contribution in [0.4, 0.5) is 17.1 Å². The van der Waals surface area contributed by atoms with Crippen LogP contribution >= 0.6 is 0 Å². The molecule has 144 valence electrons. The summed E-state index contributed by atoms with van der Waals surface area (Å²) >= 11 is 0. The van der Waals surface area contributed by atoms with Crippen LogP contribution in [0.25, 0.3) is 0 Å². The van der Waals surface area contributed by atoms with Gasteiger partial charge in [-0.1, -0.05) is 52.0 Å². The molecule has 1 N–H and O–H groups in total. The molecule has 0 amide bonds. The molecule has 0 heterocycles. The first-order chi connectivity index (χ1) is 13.4. The number of nitrogens with zero attached hydrogens (tertiary/aromatic N) is 1. The van der Waals surface area contributed by atoms with E-state index in [0.29, 0.717) is 11.8 Å². The van der Waals surface area contributed by atoms with E-state index in [9.17, 15) is 9.90 Å². The number of hydrogen-bond acceptors (Lipinski definition) is 2. The molecule has 3 rings (SSSR count). The number of aromatic carboxylic acids is 1. The van der Waals surface area contributed by atoms with Gasteiger partial charge in [0.2, 0.25) is 0 Å². The molecule has 3 aromatic carbocycles. The Kier molecular flexibility index (Phi) is 5.84. The third-order valence-electron chi connectivity index (χ3n) is 5.01. The van der Waals surface area contributed by atoms with E-state index in [1.54, 1.807) is 12.1 Å². The maximum absolute atomic E-state index is 11.2. The van der Waals surface area contributed by atoms with Crippen LogP contribution in [0.5, 0.6) is 0 Å². The van der Waals surface area contributed by atoms with Crippen LogP contribution < -0.4 is 4.90 Å². The largest absolute Gasteiger partial charge is 0.478 e. The average Bonchev–Trinajstić information content (AvgIpc) is 2.69. The van der Waals surface area contributed by atoms with E-state index >= 15 is 0 Å². The van der Waals surface area contributed by atoms with Crippen LogP contribution in [0.2, 0.25) is 0 Å². The molecule has 0 aliphatic heterocycles. The van der Waals surface area contributed by atoms with Gasteiger partial charge in [0.15, 0.2) is 0 Å². The predicted molar refractivity (Wildman–Crippen MR) is 116 cm³/mol. The zero-order chi connectivity index (χ0) is 20.3. The summed E-state index contributed by atoms with van der Waals surface area (Å²) in [4.78, 5) is 13.4. The van der Waals surface area contributed by atoms with Gasteiger partial charge in [-0.25, -0.2) is 4.79 Å². The number of carboxylic acid groups (broad SMARTS) is 1. The zero-order valence-electron chi connectivity index (χ0n) is 16.9. The Hall–Kier alpha value is -3.07. The second kappa shape index (κ2) is 8.30. The number of benzene rings is 3. The Balaban J connectivity index is 2.06. The second-order valence-electron chi connectivity index (χ2n) is 7.68. The Bertz CT molecular complexity index is 872. The molecule has 0 aliphatic carbocycles. The quantitative estimate of drug-likeness (QED) is 0.501. The molecule has 0 bridgehead atoms. The van der Waals surface area contributed by atoms with Gasteiger partial charge in [-0.2, -0.15) is 0 Å². The first-order valence-electron chi connectivity index (χ1n) is 9.70. The van der Waals surface area contributed by atoms with Crippen LogP contribution in [0.3, 0.4) is 0 Å². The lowest BCUT2D eigenvalue weighted by Gasteiger charge is -2.26. The zero-order valence-corrected chi connectivity index (χ0v) is 16.9. The molecular weight excluding hydrogens is 346 g/mol. The fourth-order valence-electron chi connectivity index (χ4n) is 3.22. The highest BCUT2D eigenvalue weighted by molar-refractivity contribution is 5.88. The Labute approximate surface area is 167 Å². The number of carboxylic acids is 1. The van der Waals surface area contributed by atoms with Crippen LogP contribution in [-0.4, -0.2) is 11.1 Å². The molecule has 0 atom stereocenters. The predicted octanol–water partition coefficient (Wildman–Crippen LogP) is 7.10. The third kappa shape index (κ3) is 4.25. The number of hydrogen-bond donors (Lipinski definition) is 1. The van der Waals surface area contributed by atoms with Gasteiger partial charge in [0.25, 0.3) is 0 Å². The molecule has 0 spiro atoms. The summed E-state index contributed by atoms with van der Waals surface area (Å²) in [6.07, 6.45) is 0. The van der Waals surface area contributed by atoms with E-state index in [2.05, 4.69) is 81.1 Å². The molecule has 3 aromatic rings. The van der Waals surface area contributed by atoms with Gasteiger partial charge in [-0.3, -0.25) is 0 Å². The van der Waals surface area contributed by atoms with Gasteiger partial charge in [-0.05, 0) is 71.5 Å². The number of anilines is 3. The molecule has 28 heavy (non-hydrogen) atoms. The fraction of sp³-hybridized carbons (Fsp3) is 0.240. The van der Waals surface area contributed by atoms with Gasteiger partial charge in [0.05, 0.1) is 5.56 Å². The minimum Gasteiger partial charge on any atom is -0.478 e. The minimum absolute atomic E-state index is 0.286. The van der Waals surface area contributed by atoms with E-state index in [1.807, 2.05) is 12.1 Å². The highest BCUT2D eigenvalue weighted by Crippen LogP contribution is 2.35. The van der Waals surface area contributed by atoms with E-state index in [0.717, 1.165) is 17.1 Å². The van der Waals surface area contributed by atoms with Crippen molar-refractivity contribution in [3.8, 4) is 0 Å². The molecule has 0 aromatic heterocycles. The standard InChI is InChI=1S/C25H27NO2/c1-17(2)19-5-11-22(12-6-19)26(23-13-7-20(8-14-23)18(3)4)24-15-9-21(10-16-24)25(27)28/h5-18H,1-4H3,(H,27,28). The second-order valence-corrected chi connectivity index (χ2v) is 7.68. The van der Waals surface area contributed by atoms with Gasteiger partial charge >= 0.3 is 5.97 Å². The van der Waals surface area contributed by atoms with Crippen molar-refractivity contribution < 1.29 is 9.90 Å². The van der Waals surface area contributed by atoms with Crippen LogP contribution in [0, 0.1) is 0 Å². The van der Waals surface area contributed by atoms with Crippen molar-refractivity contribution in [2.45, 2.75) is 39.5 Å². The summed E-state index contributed by atoms with van der Waals surface area (Å²) in [5.41, 5.74) is 5.89. The van der Waals surface area contributed by atoms with Crippen LogP contribution in [0.1, 0.15) is 61.0 Å². The van der Waals surface area contributed by atoms with Crippen molar-refractivity contribution >= 4 is 23.0 Å². The lowest BCUT2D eigenvalue weighted by molar-refractivity contribution is 0.0697. The van der Waals surface area contributed by atoms with Crippen LogP contribution in [-0.2, 0) is 0 Å². The van der Waals surface area contributed by atoms with Crippen molar-refractivity contribution in [3.63, 3.8) is 0 Å². The summed E-state index contributed by atoms with van der Waals surface area (Å²) in [5.74, 6) is 0.0334. The Morgan fingerprint density at radius 1 is 0.643 bits per heavy atom. The van der Waals surface area contributed by atoms with Crippen molar-refractivity contribution in [3.05, 3.63) is 89.5 Å². The third-order valence-corrected chi connectivity index (χ3v) is 5.01. The smallest absolute Gasteiger partial charge is 0.335 e. The summed E-state index contributed by atoms with van der Waals surface area (Å²) in [5, 5.41) is 9.20. The molecule has 0 saturated carbocycles.